The van der Waals surface area contributed by atoms with Gasteiger partial charge in [0.1, 0.15) is 10.0 Å². The van der Waals surface area contributed by atoms with Gasteiger partial charge in [0.25, 0.3) is 0 Å². The number of piperazine rings is 1. The van der Waals surface area contributed by atoms with Crippen molar-refractivity contribution in [1.82, 2.24) is 10.4 Å². The third kappa shape index (κ3) is 5.03. The number of thiocarbonyl (C=S) groups is 1. The zero-order valence-electron chi connectivity index (χ0n) is 14.4. The SMILES string of the molecule is NC(=S)N/N=C/c1nc(N2CCN(c3cccc(C(F)(F)F)c3)CC2)sc1Cl. The van der Waals surface area contributed by atoms with Crippen LogP contribution >= 0.6 is 35.2 Å². The fraction of sp³-hybridized carbons (Fsp3) is 0.312. The highest BCUT2D eigenvalue weighted by molar-refractivity contribution is 7.80. The van der Waals surface area contributed by atoms with Crippen LogP contribution in [0.2, 0.25) is 4.34 Å². The molecule has 0 radical (unpaired) electrons. The second-order valence-corrected chi connectivity index (χ2v) is 7.93. The minimum atomic E-state index is -4.35. The quantitative estimate of drug-likeness (QED) is 0.425. The second-order valence-electron chi connectivity index (χ2n) is 5.91. The van der Waals surface area contributed by atoms with Crippen LogP contribution in [0.3, 0.4) is 0 Å². The van der Waals surface area contributed by atoms with Gasteiger partial charge in [-0.25, -0.2) is 4.98 Å². The molecule has 12 heteroatoms. The van der Waals surface area contributed by atoms with Gasteiger partial charge in [-0.15, -0.1) is 0 Å². The molecule has 0 bridgehead atoms. The number of nitrogens with two attached hydrogens (primary N) is 1. The van der Waals surface area contributed by atoms with Gasteiger partial charge in [-0.3, -0.25) is 5.43 Å². The molecule has 2 heterocycles. The van der Waals surface area contributed by atoms with Gasteiger partial charge in [0.2, 0.25) is 0 Å². The summed E-state index contributed by atoms with van der Waals surface area (Å²) >= 11 is 12.2. The number of thiazole rings is 1. The van der Waals surface area contributed by atoms with Crippen LogP contribution in [0, 0.1) is 0 Å². The number of benzene rings is 1. The fourth-order valence-corrected chi connectivity index (χ4v) is 3.88. The van der Waals surface area contributed by atoms with Crippen molar-refractivity contribution >= 4 is 57.3 Å². The minimum Gasteiger partial charge on any atom is -0.375 e. The number of nitrogens with zero attached hydrogens (tertiary/aromatic N) is 4. The van der Waals surface area contributed by atoms with E-state index >= 15 is 0 Å². The monoisotopic (exact) mass is 448 g/mol. The fourth-order valence-electron chi connectivity index (χ4n) is 2.71. The lowest BCUT2D eigenvalue weighted by molar-refractivity contribution is -0.137. The summed E-state index contributed by atoms with van der Waals surface area (Å²) in [4.78, 5) is 8.41. The van der Waals surface area contributed by atoms with Crippen molar-refractivity contribution in [3.63, 3.8) is 0 Å². The Morgan fingerprint density at radius 2 is 1.96 bits per heavy atom. The van der Waals surface area contributed by atoms with Crippen LogP contribution in [0.5, 0.6) is 0 Å². The molecule has 3 rings (SSSR count). The summed E-state index contributed by atoms with van der Waals surface area (Å²) in [6, 6.07) is 5.37. The van der Waals surface area contributed by atoms with Crippen LogP contribution < -0.4 is 21.0 Å². The highest BCUT2D eigenvalue weighted by atomic mass is 35.5. The predicted molar refractivity (Wildman–Crippen MR) is 111 cm³/mol. The maximum absolute atomic E-state index is 12.9. The molecule has 6 nitrogen and oxygen atoms in total. The van der Waals surface area contributed by atoms with E-state index in [0.717, 1.165) is 11.2 Å². The molecule has 0 saturated carbocycles. The van der Waals surface area contributed by atoms with Gasteiger partial charge < -0.3 is 15.5 Å². The molecule has 0 aliphatic carbocycles. The molecule has 1 saturated heterocycles. The van der Waals surface area contributed by atoms with E-state index in [1.54, 1.807) is 6.07 Å². The number of hydrogen-bond donors (Lipinski definition) is 2. The Morgan fingerprint density at radius 1 is 1.29 bits per heavy atom. The van der Waals surface area contributed by atoms with E-state index < -0.39 is 11.7 Å². The highest BCUT2D eigenvalue weighted by Gasteiger charge is 2.31. The summed E-state index contributed by atoms with van der Waals surface area (Å²) in [6.45, 7) is 2.37. The van der Waals surface area contributed by atoms with Gasteiger partial charge in [-0.1, -0.05) is 29.0 Å². The van der Waals surface area contributed by atoms with Gasteiger partial charge in [-0.05, 0) is 30.4 Å². The topological polar surface area (TPSA) is 69.8 Å². The Labute approximate surface area is 173 Å². The molecule has 0 spiro atoms. The molecule has 2 aromatic rings. The first-order chi connectivity index (χ1) is 13.2. The average molecular weight is 449 g/mol. The van der Waals surface area contributed by atoms with Crippen LogP contribution in [0.1, 0.15) is 11.3 Å². The Morgan fingerprint density at radius 3 is 2.61 bits per heavy atom. The Hall–Kier alpha value is -2.11. The first-order valence-electron chi connectivity index (χ1n) is 8.16. The largest absolute Gasteiger partial charge is 0.416 e. The van der Waals surface area contributed by atoms with Crippen molar-refractivity contribution in [2.45, 2.75) is 6.18 Å². The molecule has 1 fully saturated rings. The molecule has 1 aliphatic rings. The molecule has 0 unspecified atom stereocenters. The van der Waals surface area contributed by atoms with Crippen molar-refractivity contribution in [2.75, 3.05) is 36.0 Å². The predicted octanol–water partition coefficient (Wildman–Crippen LogP) is 3.31. The number of anilines is 2. The molecular formula is C16H16ClF3N6S2. The number of nitrogens with one attached hydrogen (secondary N) is 1. The summed E-state index contributed by atoms with van der Waals surface area (Å²) in [6.07, 6.45) is -2.92. The lowest BCUT2D eigenvalue weighted by Crippen LogP contribution is -2.46. The standard InChI is InChI=1S/C16H16ClF3N6S2/c17-13-12(9-22-24-14(21)27)23-15(28-13)26-6-4-25(5-7-26)11-3-1-2-10(8-11)16(18,19)20/h1-3,8-9H,4-7H2,(H3,21,24,27)/b22-9+. The van der Waals surface area contributed by atoms with Crippen molar-refractivity contribution in [1.29, 1.82) is 0 Å². The van der Waals surface area contributed by atoms with E-state index in [9.17, 15) is 13.2 Å². The third-order valence-corrected chi connectivity index (χ3v) is 5.49. The summed E-state index contributed by atoms with van der Waals surface area (Å²) in [7, 11) is 0. The van der Waals surface area contributed by atoms with Gasteiger partial charge in [0.05, 0.1) is 11.8 Å². The van der Waals surface area contributed by atoms with E-state index in [2.05, 4.69) is 27.7 Å². The third-order valence-electron chi connectivity index (χ3n) is 4.05. The minimum absolute atomic E-state index is 0.0357. The second kappa shape index (κ2) is 8.50. The average Bonchev–Trinajstić information content (AvgIpc) is 3.02. The molecule has 0 amide bonds. The van der Waals surface area contributed by atoms with Crippen molar-refractivity contribution in [2.24, 2.45) is 10.8 Å². The van der Waals surface area contributed by atoms with E-state index in [4.69, 9.17) is 17.3 Å². The highest BCUT2D eigenvalue weighted by Crippen LogP contribution is 2.33. The maximum atomic E-state index is 12.9. The van der Waals surface area contributed by atoms with Crippen LogP contribution in [0.25, 0.3) is 0 Å². The van der Waals surface area contributed by atoms with Crippen LogP contribution in [-0.4, -0.2) is 42.5 Å². The first kappa shape index (κ1) is 20.6. The normalized spacial score (nSPS) is 15.3. The number of halogens is 4. The maximum Gasteiger partial charge on any atom is 0.416 e. The summed E-state index contributed by atoms with van der Waals surface area (Å²) in [5.41, 5.74) is 8.13. The lowest BCUT2D eigenvalue weighted by Gasteiger charge is -2.36. The van der Waals surface area contributed by atoms with Crippen LogP contribution in [0.4, 0.5) is 24.0 Å². The van der Waals surface area contributed by atoms with E-state index in [1.807, 2.05) is 9.80 Å². The summed E-state index contributed by atoms with van der Waals surface area (Å²) < 4.78 is 39.2. The van der Waals surface area contributed by atoms with Crippen LogP contribution in [-0.2, 0) is 6.18 Å². The summed E-state index contributed by atoms with van der Waals surface area (Å²) in [5, 5.41) is 4.60. The van der Waals surface area contributed by atoms with Crippen molar-refractivity contribution in [3.8, 4) is 0 Å². The number of alkyl halides is 3. The van der Waals surface area contributed by atoms with E-state index in [1.165, 1.54) is 29.7 Å². The Kier molecular flexibility index (Phi) is 6.26. The Balaban J connectivity index is 1.64. The zero-order chi connectivity index (χ0) is 20.3. The zero-order valence-corrected chi connectivity index (χ0v) is 16.8. The van der Waals surface area contributed by atoms with Gasteiger partial charge in [0, 0.05) is 31.9 Å². The molecule has 3 N–H and O–H groups in total. The number of hydrogen-bond acceptors (Lipinski definition) is 6. The molecule has 150 valence electrons. The summed E-state index contributed by atoms with van der Waals surface area (Å²) in [5.74, 6) is 0. The molecule has 28 heavy (non-hydrogen) atoms. The van der Waals surface area contributed by atoms with Gasteiger partial charge in [0.15, 0.2) is 10.2 Å². The first-order valence-corrected chi connectivity index (χ1v) is 9.76. The van der Waals surface area contributed by atoms with E-state index in [0.29, 0.717) is 41.9 Å². The molecule has 1 aromatic heterocycles. The molecular weight excluding hydrogens is 433 g/mol. The number of rotatable bonds is 4. The van der Waals surface area contributed by atoms with Crippen LogP contribution in [0.15, 0.2) is 29.4 Å². The smallest absolute Gasteiger partial charge is 0.375 e. The molecule has 1 aliphatic heterocycles. The molecule has 0 atom stereocenters. The molecule has 1 aromatic carbocycles. The Bertz CT molecular complexity index is 878. The van der Waals surface area contributed by atoms with Crippen molar-refractivity contribution in [3.05, 3.63) is 39.9 Å². The van der Waals surface area contributed by atoms with Crippen molar-refractivity contribution < 1.29 is 13.2 Å². The number of aromatic nitrogens is 1. The van der Waals surface area contributed by atoms with Gasteiger partial charge in [-0.2, -0.15) is 18.3 Å². The van der Waals surface area contributed by atoms with E-state index in [-0.39, 0.29) is 5.11 Å². The van der Waals surface area contributed by atoms with Gasteiger partial charge >= 0.3 is 6.18 Å². The number of hydrazone groups is 1. The lowest BCUT2D eigenvalue weighted by atomic mass is 10.1.